The maximum Gasteiger partial charge on any atom is 0.263 e. The summed E-state index contributed by atoms with van der Waals surface area (Å²) in [6, 6.07) is 7.39. The largest absolute Gasteiger partial charge is 0.493 e. The molecule has 0 aliphatic heterocycles. The number of amides is 1. The molecule has 3 rings (SSSR count). The summed E-state index contributed by atoms with van der Waals surface area (Å²) in [5.41, 5.74) is 0.832. The molecule has 0 saturated heterocycles. The lowest BCUT2D eigenvalue weighted by molar-refractivity contribution is -0.128. The highest BCUT2D eigenvalue weighted by Crippen LogP contribution is 2.28. The second kappa shape index (κ2) is 10.5. The molecule has 0 aliphatic carbocycles. The Labute approximate surface area is 189 Å². The number of hydrogen-bond donors (Lipinski definition) is 0. The molecular formula is C22H25N3O4S2. The summed E-state index contributed by atoms with van der Waals surface area (Å²) >= 11 is 2.69. The molecule has 9 heteroatoms. The summed E-state index contributed by atoms with van der Waals surface area (Å²) in [6.45, 7) is 7.02. The maximum atomic E-state index is 12.9. The minimum Gasteiger partial charge on any atom is -0.493 e. The Kier molecular flexibility index (Phi) is 7.75. The third-order valence-corrected chi connectivity index (χ3v) is 6.51. The minimum absolute atomic E-state index is 0.0343. The smallest absolute Gasteiger partial charge is 0.263 e. The third-order valence-electron chi connectivity index (χ3n) is 4.74. The van der Waals surface area contributed by atoms with Crippen LogP contribution in [0.1, 0.15) is 12.5 Å². The number of thiophene rings is 1. The summed E-state index contributed by atoms with van der Waals surface area (Å²) in [7, 11) is 3.17. The predicted molar refractivity (Wildman–Crippen MR) is 125 cm³/mol. The normalized spacial score (nSPS) is 10.8. The monoisotopic (exact) mass is 459 g/mol. The second-order valence-electron chi connectivity index (χ2n) is 6.62. The van der Waals surface area contributed by atoms with Crippen LogP contribution in [0.15, 0.2) is 52.3 Å². The Morgan fingerprint density at radius 1 is 1.29 bits per heavy atom. The van der Waals surface area contributed by atoms with Crippen molar-refractivity contribution < 1.29 is 14.3 Å². The van der Waals surface area contributed by atoms with Gasteiger partial charge in [-0.15, -0.1) is 17.9 Å². The zero-order valence-corrected chi connectivity index (χ0v) is 19.4. The van der Waals surface area contributed by atoms with Crippen molar-refractivity contribution in [1.29, 1.82) is 0 Å². The Morgan fingerprint density at radius 2 is 2.06 bits per heavy atom. The van der Waals surface area contributed by atoms with Crippen molar-refractivity contribution in [2.75, 3.05) is 26.5 Å². The second-order valence-corrected chi connectivity index (χ2v) is 8.46. The maximum absolute atomic E-state index is 12.9. The van der Waals surface area contributed by atoms with Gasteiger partial charge in [0.1, 0.15) is 4.83 Å². The molecule has 2 aromatic heterocycles. The highest BCUT2D eigenvalue weighted by Gasteiger charge is 2.17. The molecule has 164 valence electrons. The van der Waals surface area contributed by atoms with Crippen LogP contribution in [0.2, 0.25) is 0 Å². The van der Waals surface area contributed by atoms with E-state index in [1.54, 1.807) is 35.8 Å². The van der Waals surface area contributed by atoms with Gasteiger partial charge >= 0.3 is 0 Å². The number of ether oxygens (including phenoxy) is 2. The number of allylic oxidation sites excluding steroid dienone is 1. The van der Waals surface area contributed by atoms with Crippen molar-refractivity contribution in [1.82, 2.24) is 14.5 Å². The molecule has 0 atom stereocenters. The summed E-state index contributed by atoms with van der Waals surface area (Å²) in [6.07, 6.45) is 1.66. The van der Waals surface area contributed by atoms with Crippen LogP contribution in [-0.4, -0.2) is 46.9 Å². The van der Waals surface area contributed by atoms with Crippen LogP contribution in [0.25, 0.3) is 10.2 Å². The molecule has 3 aromatic rings. The van der Waals surface area contributed by atoms with E-state index in [1.807, 2.05) is 30.5 Å². The predicted octanol–water partition coefficient (Wildman–Crippen LogP) is 3.80. The van der Waals surface area contributed by atoms with Crippen LogP contribution in [-0.2, 0) is 17.9 Å². The van der Waals surface area contributed by atoms with E-state index in [0.29, 0.717) is 46.5 Å². The molecule has 31 heavy (non-hydrogen) atoms. The standard InChI is InChI=1S/C22H25N3O4S2/c1-5-10-25-21(27)16-9-11-30-20(16)23-22(25)31-14-19(26)24(6-2)13-15-7-8-17(28-3)18(12-15)29-4/h5,7-9,11-12H,1,6,10,13-14H2,2-4H3. The van der Waals surface area contributed by atoms with E-state index < -0.39 is 0 Å². The number of fused-ring (bicyclic) bond motifs is 1. The van der Waals surface area contributed by atoms with E-state index in [-0.39, 0.29) is 17.2 Å². The highest BCUT2D eigenvalue weighted by molar-refractivity contribution is 7.99. The molecule has 1 aromatic carbocycles. The van der Waals surface area contributed by atoms with Crippen LogP contribution in [0.4, 0.5) is 0 Å². The van der Waals surface area contributed by atoms with Gasteiger partial charge in [-0.2, -0.15) is 0 Å². The number of carbonyl (C=O) groups is 1. The SMILES string of the molecule is C=CCn1c(SCC(=O)N(CC)Cc2ccc(OC)c(OC)c2)nc2sccc2c1=O. The molecule has 2 heterocycles. The Morgan fingerprint density at radius 3 is 2.74 bits per heavy atom. The first-order valence-electron chi connectivity index (χ1n) is 9.72. The van der Waals surface area contributed by atoms with Gasteiger partial charge in [0.25, 0.3) is 5.56 Å². The van der Waals surface area contributed by atoms with Crippen molar-refractivity contribution in [2.24, 2.45) is 0 Å². The molecule has 0 unspecified atom stereocenters. The average Bonchev–Trinajstić information content (AvgIpc) is 3.26. The first-order valence-corrected chi connectivity index (χ1v) is 11.6. The zero-order valence-electron chi connectivity index (χ0n) is 17.8. The van der Waals surface area contributed by atoms with Gasteiger partial charge in [0, 0.05) is 19.6 Å². The highest BCUT2D eigenvalue weighted by atomic mass is 32.2. The molecule has 1 amide bonds. The van der Waals surface area contributed by atoms with Gasteiger partial charge in [0.15, 0.2) is 16.7 Å². The lowest BCUT2D eigenvalue weighted by Crippen LogP contribution is -2.32. The summed E-state index contributed by atoms with van der Waals surface area (Å²) in [4.78, 5) is 32.7. The van der Waals surface area contributed by atoms with Crippen molar-refractivity contribution in [3.05, 3.63) is 58.2 Å². The molecular weight excluding hydrogens is 434 g/mol. The van der Waals surface area contributed by atoms with Crippen LogP contribution in [0.5, 0.6) is 11.5 Å². The van der Waals surface area contributed by atoms with Crippen molar-refractivity contribution in [3.63, 3.8) is 0 Å². The fourth-order valence-corrected chi connectivity index (χ4v) is 4.84. The Bertz CT molecular complexity index is 1140. The number of benzene rings is 1. The van der Waals surface area contributed by atoms with E-state index in [2.05, 4.69) is 11.6 Å². The number of nitrogens with zero attached hydrogens (tertiary/aromatic N) is 3. The number of rotatable bonds is 10. The van der Waals surface area contributed by atoms with Crippen molar-refractivity contribution in [3.8, 4) is 11.5 Å². The number of aromatic nitrogens is 2. The molecule has 0 spiro atoms. The first-order chi connectivity index (χ1) is 15.0. The van der Waals surface area contributed by atoms with E-state index in [0.717, 1.165) is 5.56 Å². The van der Waals surface area contributed by atoms with Gasteiger partial charge in [-0.25, -0.2) is 4.98 Å². The van der Waals surface area contributed by atoms with Crippen LogP contribution < -0.4 is 15.0 Å². The first kappa shape index (κ1) is 22.9. The quantitative estimate of drug-likeness (QED) is 0.261. The van der Waals surface area contributed by atoms with E-state index >= 15 is 0 Å². The lowest BCUT2D eigenvalue weighted by Gasteiger charge is -2.21. The molecule has 0 radical (unpaired) electrons. The molecule has 0 N–H and O–H groups in total. The van der Waals surface area contributed by atoms with Gasteiger partial charge in [-0.05, 0) is 36.1 Å². The lowest BCUT2D eigenvalue weighted by atomic mass is 10.2. The van der Waals surface area contributed by atoms with Crippen LogP contribution in [0, 0.1) is 0 Å². The number of thioether (sulfide) groups is 1. The Hall–Kier alpha value is -2.78. The molecule has 0 fully saturated rings. The van der Waals surface area contributed by atoms with Gasteiger partial charge in [-0.3, -0.25) is 14.2 Å². The average molecular weight is 460 g/mol. The van der Waals surface area contributed by atoms with Gasteiger partial charge < -0.3 is 14.4 Å². The van der Waals surface area contributed by atoms with Crippen LogP contribution >= 0.6 is 23.1 Å². The summed E-state index contributed by atoms with van der Waals surface area (Å²) in [5, 5.41) is 2.96. The minimum atomic E-state index is -0.112. The fourth-order valence-electron chi connectivity index (χ4n) is 3.12. The van der Waals surface area contributed by atoms with Gasteiger partial charge in [-0.1, -0.05) is 23.9 Å². The molecule has 7 nitrogen and oxygen atoms in total. The zero-order chi connectivity index (χ0) is 22.4. The van der Waals surface area contributed by atoms with Crippen molar-refractivity contribution in [2.45, 2.75) is 25.2 Å². The fraction of sp³-hybridized carbons (Fsp3) is 0.318. The molecule has 0 saturated carbocycles. The summed E-state index contributed by atoms with van der Waals surface area (Å²) < 4.78 is 12.2. The van der Waals surface area contributed by atoms with E-state index in [4.69, 9.17) is 9.47 Å². The Balaban J connectivity index is 1.75. The number of carbonyl (C=O) groups excluding carboxylic acids is 1. The van der Waals surface area contributed by atoms with E-state index in [9.17, 15) is 9.59 Å². The third kappa shape index (κ3) is 5.11. The van der Waals surface area contributed by atoms with Gasteiger partial charge in [0.2, 0.25) is 5.91 Å². The summed E-state index contributed by atoms with van der Waals surface area (Å²) in [5.74, 6) is 1.42. The van der Waals surface area contributed by atoms with Gasteiger partial charge in [0.05, 0.1) is 25.4 Å². The topological polar surface area (TPSA) is 73.7 Å². The number of hydrogen-bond acceptors (Lipinski definition) is 7. The van der Waals surface area contributed by atoms with E-state index in [1.165, 1.54) is 23.1 Å². The van der Waals surface area contributed by atoms with Crippen LogP contribution in [0.3, 0.4) is 0 Å². The molecule has 0 bridgehead atoms. The molecule has 0 aliphatic rings. The van der Waals surface area contributed by atoms with Crippen molar-refractivity contribution >= 4 is 39.2 Å². The number of methoxy groups -OCH3 is 2.